The van der Waals surface area contributed by atoms with Crippen LogP contribution >= 0.6 is 27.5 Å². The monoisotopic (exact) mass is 313 g/mol. The lowest BCUT2D eigenvalue weighted by atomic mass is 10.2. The van der Waals surface area contributed by atoms with Crippen molar-refractivity contribution in [3.8, 4) is 0 Å². The lowest BCUT2D eigenvalue weighted by Gasteiger charge is -2.07. The maximum absolute atomic E-state index is 11.9. The topological polar surface area (TPSA) is 57.8 Å². The van der Waals surface area contributed by atoms with Gasteiger partial charge >= 0.3 is 0 Å². The molecule has 0 radical (unpaired) electrons. The number of nitrogens with one attached hydrogen (secondary N) is 2. The molecule has 0 saturated heterocycles. The van der Waals surface area contributed by atoms with E-state index in [0.29, 0.717) is 20.9 Å². The molecule has 0 aliphatic carbocycles. The lowest BCUT2D eigenvalue weighted by molar-refractivity contribution is 0.102. The summed E-state index contributed by atoms with van der Waals surface area (Å²) < 4.78 is 0.620. The first kappa shape index (κ1) is 12.1. The average molecular weight is 315 g/mol. The van der Waals surface area contributed by atoms with E-state index in [1.807, 2.05) is 13.0 Å². The molecule has 1 amide bonds. The first-order chi connectivity index (χ1) is 8.08. The van der Waals surface area contributed by atoms with Crippen LogP contribution in [0.1, 0.15) is 16.1 Å². The van der Waals surface area contributed by atoms with Crippen molar-refractivity contribution in [1.29, 1.82) is 0 Å². The van der Waals surface area contributed by atoms with Crippen molar-refractivity contribution in [2.75, 3.05) is 5.32 Å². The standard InChI is InChI=1S/C11H9BrClN3O/c1-6-2-3-7(13)4-9(6)15-11(17)10-8(12)5-14-16-10/h2-5H,1H3,(H,14,16)(H,15,17). The van der Waals surface area contributed by atoms with E-state index in [-0.39, 0.29) is 5.91 Å². The Kier molecular flexibility index (Phi) is 3.49. The number of aryl methyl sites for hydroxylation is 1. The van der Waals surface area contributed by atoms with E-state index >= 15 is 0 Å². The third-order valence-electron chi connectivity index (χ3n) is 2.27. The highest BCUT2D eigenvalue weighted by Crippen LogP contribution is 2.21. The molecule has 0 bridgehead atoms. The second-order valence-electron chi connectivity index (χ2n) is 3.51. The van der Waals surface area contributed by atoms with Gasteiger partial charge in [0.25, 0.3) is 5.91 Å². The lowest BCUT2D eigenvalue weighted by Crippen LogP contribution is -2.13. The Morgan fingerprint density at radius 3 is 2.94 bits per heavy atom. The SMILES string of the molecule is Cc1ccc(Cl)cc1NC(=O)c1[nH]ncc1Br. The summed E-state index contributed by atoms with van der Waals surface area (Å²) in [6, 6.07) is 5.33. The molecule has 88 valence electrons. The molecule has 4 nitrogen and oxygen atoms in total. The number of hydrogen-bond acceptors (Lipinski definition) is 2. The molecule has 1 aromatic heterocycles. The van der Waals surface area contributed by atoms with E-state index in [4.69, 9.17) is 11.6 Å². The highest BCUT2D eigenvalue weighted by molar-refractivity contribution is 9.10. The minimum absolute atomic E-state index is 0.264. The summed E-state index contributed by atoms with van der Waals surface area (Å²) in [6.45, 7) is 1.90. The summed E-state index contributed by atoms with van der Waals surface area (Å²) in [7, 11) is 0. The van der Waals surface area contributed by atoms with E-state index in [1.54, 1.807) is 12.1 Å². The molecule has 0 aliphatic rings. The Labute approximate surface area is 111 Å². The van der Waals surface area contributed by atoms with Gasteiger partial charge in [-0.2, -0.15) is 5.10 Å². The molecule has 6 heteroatoms. The predicted octanol–water partition coefficient (Wildman–Crippen LogP) is 3.39. The number of H-pyrrole nitrogens is 1. The van der Waals surface area contributed by atoms with Gasteiger partial charge in [-0.15, -0.1) is 0 Å². The number of halogens is 2. The summed E-state index contributed by atoms with van der Waals surface area (Å²) in [5.74, 6) is -0.264. The maximum atomic E-state index is 11.9. The molecule has 1 aromatic carbocycles. The molecule has 0 spiro atoms. The van der Waals surface area contributed by atoms with E-state index in [9.17, 15) is 4.79 Å². The van der Waals surface area contributed by atoms with Gasteiger partial charge in [0.1, 0.15) is 5.69 Å². The number of hydrogen-bond donors (Lipinski definition) is 2. The highest BCUT2D eigenvalue weighted by atomic mass is 79.9. The average Bonchev–Trinajstić information content (AvgIpc) is 2.70. The quantitative estimate of drug-likeness (QED) is 0.892. The minimum Gasteiger partial charge on any atom is -0.320 e. The first-order valence-corrected chi connectivity index (χ1v) is 6.01. The third-order valence-corrected chi connectivity index (χ3v) is 3.10. The van der Waals surface area contributed by atoms with Crippen LogP contribution in [-0.2, 0) is 0 Å². The Morgan fingerprint density at radius 2 is 2.29 bits per heavy atom. The second kappa shape index (κ2) is 4.89. The molecule has 0 aliphatic heterocycles. The molecule has 2 rings (SSSR count). The van der Waals surface area contributed by atoms with Gasteiger partial charge in [-0.3, -0.25) is 9.89 Å². The van der Waals surface area contributed by atoms with Crippen LogP contribution in [0.4, 0.5) is 5.69 Å². The van der Waals surface area contributed by atoms with Crippen LogP contribution in [0, 0.1) is 6.92 Å². The first-order valence-electron chi connectivity index (χ1n) is 4.84. The van der Waals surface area contributed by atoms with Crippen LogP contribution < -0.4 is 5.32 Å². The van der Waals surface area contributed by atoms with Gasteiger partial charge in [0.05, 0.1) is 10.7 Å². The van der Waals surface area contributed by atoms with E-state index in [0.717, 1.165) is 5.56 Å². The summed E-state index contributed by atoms with van der Waals surface area (Å²) in [6.07, 6.45) is 1.53. The number of benzene rings is 1. The van der Waals surface area contributed by atoms with Gasteiger partial charge < -0.3 is 5.32 Å². The van der Waals surface area contributed by atoms with Gasteiger partial charge in [-0.1, -0.05) is 17.7 Å². The molecule has 0 unspecified atom stereocenters. The maximum Gasteiger partial charge on any atom is 0.274 e. The van der Waals surface area contributed by atoms with Crippen LogP contribution in [0.3, 0.4) is 0 Å². The number of nitrogens with zero attached hydrogens (tertiary/aromatic N) is 1. The van der Waals surface area contributed by atoms with Crippen molar-refractivity contribution in [2.24, 2.45) is 0 Å². The van der Waals surface area contributed by atoms with Gasteiger partial charge in [0.15, 0.2) is 0 Å². The molecule has 0 atom stereocenters. The number of carbonyl (C=O) groups excluding carboxylic acids is 1. The van der Waals surface area contributed by atoms with Crippen molar-refractivity contribution < 1.29 is 4.79 Å². The number of rotatable bonds is 2. The van der Waals surface area contributed by atoms with Gasteiger partial charge in [0.2, 0.25) is 0 Å². The Hall–Kier alpha value is -1.33. The molecule has 17 heavy (non-hydrogen) atoms. The van der Waals surface area contributed by atoms with Crippen molar-refractivity contribution in [2.45, 2.75) is 6.92 Å². The third kappa shape index (κ3) is 2.68. The zero-order chi connectivity index (χ0) is 12.4. The van der Waals surface area contributed by atoms with E-state index in [1.165, 1.54) is 6.20 Å². The van der Waals surface area contributed by atoms with E-state index in [2.05, 4.69) is 31.4 Å². The largest absolute Gasteiger partial charge is 0.320 e. The minimum atomic E-state index is -0.264. The van der Waals surface area contributed by atoms with Crippen molar-refractivity contribution in [1.82, 2.24) is 10.2 Å². The second-order valence-corrected chi connectivity index (χ2v) is 4.80. The Morgan fingerprint density at radius 1 is 1.53 bits per heavy atom. The molecular weight excluding hydrogens is 305 g/mol. The number of aromatic nitrogens is 2. The van der Waals surface area contributed by atoms with Crippen LogP contribution in [0.5, 0.6) is 0 Å². The molecule has 2 N–H and O–H groups in total. The summed E-state index contributed by atoms with van der Waals surface area (Å²) in [5.41, 5.74) is 2.01. The number of anilines is 1. The summed E-state index contributed by atoms with van der Waals surface area (Å²) >= 11 is 9.11. The Balaban J connectivity index is 2.24. The zero-order valence-electron chi connectivity index (χ0n) is 8.92. The van der Waals surface area contributed by atoms with E-state index < -0.39 is 0 Å². The fourth-order valence-electron chi connectivity index (χ4n) is 1.34. The Bertz CT molecular complexity index is 568. The number of aromatic amines is 1. The highest BCUT2D eigenvalue weighted by Gasteiger charge is 2.13. The van der Waals surface area contributed by atoms with Crippen molar-refractivity contribution >= 4 is 39.1 Å². The van der Waals surface area contributed by atoms with Crippen LogP contribution in [0.25, 0.3) is 0 Å². The smallest absolute Gasteiger partial charge is 0.274 e. The van der Waals surface area contributed by atoms with Crippen LogP contribution in [0.2, 0.25) is 5.02 Å². The normalized spacial score (nSPS) is 10.3. The molecule has 2 aromatic rings. The molecular formula is C11H9BrClN3O. The van der Waals surface area contributed by atoms with Gasteiger partial charge in [-0.25, -0.2) is 0 Å². The van der Waals surface area contributed by atoms with Crippen molar-refractivity contribution in [3.63, 3.8) is 0 Å². The fourth-order valence-corrected chi connectivity index (χ4v) is 1.89. The summed E-state index contributed by atoms with van der Waals surface area (Å²) in [4.78, 5) is 11.9. The van der Waals surface area contributed by atoms with Crippen LogP contribution in [0.15, 0.2) is 28.9 Å². The number of amides is 1. The number of carbonyl (C=O) groups is 1. The van der Waals surface area contributed by atoms with Gasteiger partial charge in [-0.05, 0) is 40.5 Å². The summed E-state index contributed by atoms with van der Waals surface area (Å²) in [5, 5.41) is 9.73. The van der Waals surface area contributed by atoms with Gasteiger partial charge in [0, 0.05) is 10.7 Å². The zero-order valence-corrected chi connectivity index (χ0v) is 11.3. The molecule has 0 fully saturated rings. The molecule has 0 saturated carbocycles. The molecule has 1 heterocycles. The van der Waals surface area contributed by atoms with Crippen molar-refractivity contribution in [3.05, 3.63) is 45.1 Å². The fraction of sp³-hybridized carbons (Fsp3) is 0.0909. The predicted molar refractivity (Wildman–Crippen MR) is 70.4 cm³/mol. The van der Waals surface area contributed by atoms with Crippen LogP contribution in [-0.4, -0.2) is 16.1 Å².